The van der Waals surface area contributed by atoms with Crippen LogP contribution in [0, 0.1) is 0 Å². The van der Waals surface area contributed by atoms with Crippen LogP contribution in [0.4, 0.5) is 0 Å². The number of para-hydroxylation sites is 1. The number of hydrogen-bond acceptors (Lipinski definition) is 4. The number of carbonyl (C=O) groups excluding carboxylic acids is 2. The maximum absolute atomic E-state index is 12.3. The van der Waals surface area contributed by atoms with Crippen LogP contribution in [0.15, 0.2) is 48.5 Å². The van der Waals surface area contributed by atoms with Crippen LogP contribution < -0.4 is 4.74 Å². The fourth-order valence-corrected chi connectivity index (χ4v) is 3.16. The van der Waals surface area contributed by atoms with Crippen LogP contribution in [-0.4, -0.2) is 37.0 Å². The standard InChI is InChI=1S/C21H23NO4/c1-25-19-9-5-4-7-17(19)10-11-21(24)26-15-20(23)22-13-12-16-6-2-3-8-18(16)14-22/h2-9H,10-15H2,1H3. The van der Waals surface area contributed by atoms with E-state index in [0.29, 0.717) is 19.5 Å². The minimum absolute atomic E-state index is 0.148. The highest BCUT2D eigenvalue weighted by atomic mass is 16.5. The van der Waals surface area contributed by atoms with Gasteiger partial charge in [-0.15, -0.1) is 0 Å². The Morgan fingerprint density at radius 2 is 1.77 bits per heavy atom. The lowest BCUT2D eigenvalue weighted by Crippen LogP contribution is -2.38. The lowest BCUT2D eigenvalue weighted by Gasteiger charge is -2.28. The second-order valence-corrected chi connectivity index (χ2v) is 6.31. The summed E-state index contributed by atoms with van der Waals surface area (Å²) in [5.41, 5.74) is 3.39. The van der Waals surface area contributed by atoms with Crippen molar-refractivity contribution in [2.75, 3.05) is 20.3 Å². The summed E-state index contributed by atoms with van der Waals surface area (Å²) in [5.74, 6) is 0.232. The van der Waals surface area contributed by atoms with Crippen LogP contribution in [0.2, 0.25) is 0 Å². The fraction of sp³-hybridized carbons (Fsp3) is 0.333. The third-order valence-electron chi connectivity index (χ3n) is 4.63. The molecule has 26 heavy (non-hydrogen) atoms. The number of hydrogen-bond donors (Lipinski definition) is 0. The van der Waals surface area contributed by atoms with Crippen LogP contribution in [0.5, 0.6) is 5.75 Å². The van der Waals surface area contributed by atoms with E-state index in [1.54, 1.807) is 12.0 Å². The van der Waals surface area contributed by atoms with Crippen molar-refractivity contribution in [1.82, 2.24) is 4.90 Å². The molecule has 1 amide bonds. The molecule has 0 aliphatic carbocycles. The number of rotatable bonds is 6. The molecule has 136 valence electrons. The topological polar surface area (TPSA) is 55.8 Å². The van der Waals surface area contributed by atoms with E-state index in [0.717, 1.165) is 23.3 Å². The van der Waals surface area contributed by atoms with E-state index in [4.69, 9.17) is 9.47 Å². The molecular formula is C21H23NO4. The number of methoxy groups -OCH3 is 1. The summed E-state index contributed by atoms with van der Waals surface area (Å²) in [4.78, 5) is 26.0. The van der Waals surface area contributed by atoms with E-state index >= 15 is 0 Å². The normalized spacial score (nSPS) is 13.0. The predicted octanol–water partition coefficient (Wildman–Crippen LogP) is 2.76. The number of fused-ring (bicyclic) bond motifs is 1. The Morgan fingerprint density at radius 3 is 2.58 bits per heavy atom. The number of benzene rings is 2. The van der Waals surface area contributed by atoms with Crippen molar-refractivity contribution in [3.8, 4) is 5.75 Å². The Hall–Kier alpha value is -2.82. The van der Waals surface area contributed by atoms with E-state index in [1.807, 2.05) is 42.5 Å². The quantitative estimate of drug-likeness (QED) is 0.750. The molecule has 3 rings (SSSR count). The minimum atomic E-state index is -0.373. The number of esters is 1. The van der Waals surface area contributed by atoms with Crippen molar-refractivity contribution in [3.63, 3.8) is 0 Å². The molecule has 5 nitrogen and oxygen atoms in total. The summed E-state index contributed by atoms with van der Waals surface area (Å²) in [5, 5.41) is 0. The third-order valence-corrected chi connectivity index (χ3v) is 4.63. The molecule has 0 saturated carbocycles. The zero-order chi connectivity index (χ0) is 18.4. The molecule has 1 aliphatic rings. The average molecular weight is 353 g/mol. The smallest absolute Gasteiger partial charge is 0.306 e. The van der Waals surface area contributed by atoms with Crippen molar-refractivity contribution < 1.29 is 19.1 Å². The molecule has 0 radical (unpaired) electrons. The Labute approximate surface area is 153 Å². The summed E-state index contributed by atoms with van der Waals surface area (Å²) < 4.78 is 10.4. The van der Waals surface area contributed by atoms with Gasteiger partial charge in [0.05, 0.1) is 7.11 Å². The first kappa shape index (κ1) is 18.0. The van der Waals surface area contributed by atoms with Gasteiger partial charge in [0.15, 0.2) is 6.61 Å². The summed E-state index contributed by atoms with van der Waals surface area (Å²) >= 11 is 0. The first-order valence-electron chi connectivity index (χ1n) is 8.79. The summed E-state index contributed by atoms with van der Waals surface area (Å²) in [7, 11) is 1.60. The van der Waals surface area contributed by atoms with Crippen LogP contribution >= 0.6 is 0 Å². The second kappa shape index (κ2) is 8.52. The van der Waals surface area contributed by atoms with Crippen LogP contribution in [0.1, 0.15) is 23.1 Å². The van der Waals surface area contributed by atoms with Gasteiger partial charge in [-0.25, -0.2) is 0 Å². The van der Waals surface area contributed by atoms with E-state index in [-0.39, 0.29) is 24.9 Å². The van der Waals surface area contributed by atoms with Gasteiger partial charge < -0.3 is 14.4 Å². The highest BCUT2D eigenvalue weighted by Gasteiger charge is 2.21. The van der Waals surface area contributed by atoms with E-state index in [1.165, 1.54) is 5.56 Å². The highest BCUT2D eigenvalue weighted by molar-refractivity contribution is 5.81. The number of aryl methyl sites for hydroxylation is 1. The fourth-order valence-electron chi connectivity index (χ4n) is 3.16. The summed E-state index contributed by atoms with van der Waals surface area (Å²) in [6.45, 7) is 1.04. The molecule has 2 aromatic carbocycles. The molecule has 0 bridgehead atoms. The van der Waals surface area contributed by atoms with E-state index in [2.05, 4.69) is 6.07 Å². The lowest BCUT2D eigenvalue weighted by molar-refractivity contribution is -0.152. The van der Waals surface area contributed by atoms with Crippen molar-refractivity contribution >= 4 is 11.9 Å². The summed E-state index contributed by atoms with van der Waals surface area (Å²) in [6, 6.07) is 15.7. The Balaban J connectivity index is 1.45. The SMILES string of the molecule is COc1ccccc1CCC(=O)OCC(=O)N1CCc2ccccc2C1. The maximum atomic E-state index is 12.3. The van der Waals surface area contributed by atoms with Crippen molar-refractivity contribution in [3.05, 3.63) is 65.2 Å². The third kappa shape index (κ3) is 4.42. The average Bonchev–Trinajstić information content (AvgIpc) is 2.70. The first-order chi connectivity index (χ1) is 12.7. The summed E-state index contributed by atoms with van der Waals surface area (Å²) in [6.07, 6.45) is 1.58. The molecular weight excluding hydrogens is 330 g/mol. The molecule has 0 fully saturated rings. The highest BCUT2D eigenvalue weighted by Crippen LogP contribution is 2.20. The van der Waals surface area contributed by atoms with Crippen LogP contribution in [0.25, 0.3) is 0 Å². The zero-order valence-corrected chi connectivity index (χ0v) is 14.9. The predicted molar refractivity (Wildman–Crippen MR) is 97.8 cm³/mol. The minimum Gasteiger partial charge on any atom is -0.496 e. The largest absolute Gasteiger partial charge is 0.496 e. The van der Waals surface area contributed by atoms with Gasteiger partial charge in [-0.3, -0.25) is 9.59 Å². The molecule has 0 saturated heterocycles. The van der Waals surface area contributed by atoms with Crippen LogP contribution in [-0.2, 0) is 33.7 Å². The molecule has 0 spiro atoms. The Kier molecular flexibility index (Phi) is 5.89. The molecule has 2 aromatic rings. The van der Waals surface area contributed by atoms with Gasteiger partial charge in [-0.05, 0) is 35.6 Å². The molecule has 1 heterocycles. The lowest BCUT2D eigenvalue weighted by atomic mass is 10.00. The number of amides is 1. The first-order valence-corrected chi connectivity index (χ1v) is 8.79. The molecule has 5 heteroatoms. The Bertz CT molecular complexity index is 787. The molecule has 1 aliphatic heterocycles. The molecule has 0 aromatic heterocycles. The van der Waals surface area contributed by atoms with Gasteiger partial charge in [0, 0.05) is 19.5 Å². The van der Waals surface area contributed by atoms with Gasteiger partial charge in [0.1, 0.15) is 5.75 Å². The van der Waals surface area contributed by atoms with E-state index in [9.17, 15) is 9.59 Å². The molecule has 0 unspecified atom stereocenters. The van der Waals surface area contributed by atoms with Crippen molar-refractivity contribution in [2.45, 2.75) is 25.8 Å². The maximum Gasteiger partial charge on any atom is 0.306 e. The monoisotopic (exact) mass is 353 g/mol. The zero-order valence-electron chi connectivity index (χ0n) is 14.9. The number of nitrogens with zero attached hydrogens (tertiary/aromatic N) is 1. The number of carbonyl (C=O) groups is 2. The van der Waals surface area contributed by atoms with Crippen molar-refractivity contribution in [2.24, 2.45) is 0 Å². The van der Waals surface area contributed by atoms with Gasteiger partial charge in [0.2, 0.25) is 0 Å². The second-order valence-electron chi connectivity index (χ2n) is 6.31. The van der Waals surface area contributed by atoms with E-state index < -0.39 is 0 Å². The van der Waals surface area contributed by atoms with Crippen molar-refractivity contribution in [1.29, 1.82) is 0 Å². The van der Waals surface area contributed by atoms with Gasteiger partial charge in [-0.1, -0.05) is 42.5 Å². The van der Waals surface area contributed by atoms with Crippen LogP contribution in [0.3, 0.4) is 0 Å². The van der Waals surface area contributed by atoms with Gasteiger partial charge >= 0.3 is 5.97 Å². The number of ether oxygens (including phenoxy) is 2. The molecule has 0 atom stereocenters. The van der Waals surface area contributed by atoms with Gasteiger partial charge in [0.25, 0.3) is 5.91 Å². The van der Waals surface area contributed by atoms with Gasteiger partial charge in [-0.2, -0.15) is 0 Å². The molecule has 0 N–H and O–H groups in total. The Morgan fingerprint density at radius 1 is 1.04 bits per heavy atom.